The van der Waals surface area contributed by atoms with Crippen LogP contribution in [0.3, 0.4) is 0 Å². The fraction of sp³-hybridized carbons (Fsp3) is 0.263. The van der Waals surface area contributed by atoms with Crippen LogP contribution in [0.5, 0.6) is 0 Å². The predicted octanol–water partition coefficient (Wildman–Crippen LogP) is 1.08. The third-order valence-corrected chi connectivity index (χ3v) is 4.50. The van der Waals surface area contributed by atoms with Gasteiger partial charge in [-0.3, -0.25) is 9.59 Å². The second kappa shape index (κ2) is 8.22. The molecule has 0 unspecified atom stereocenters. The van der Waals surface area contributed by atoms with Crippen molar-refractivity contribution < 1.29 is 27.7 Å². The lowest BCUT2D eigenvalue weighted by Gasteiger charge is -2.32. The van der Waals surface area contributed by atoms with Crippen LogP contribution in [-0.2, 0) is 4.79 Å². The minimum absolute atomic E-state index is 0.0474. The van der Waals surface area contributed by atoms with E-state index in [4.69, 9.17) is 0 Å². The highest BCUT2D eigenvalue weighted by molar-refractivity contribution is 5.94. The van der Waals surface area contributed by atoms with Gasteiger partial charge in [-0.25, -0.2) is 13.2 Å². The lowest BCUT2D eigenvalue weighted by atomic mass is 10.2. The number of hydrogen-bond donors (Lipinski definition) is 2. The Balaban J connectivity index is 1.51. The van der Waals surface area contributed by atoms with Crippen molar-refractivity contribution in [3.63, 3.8) is 0 Å². The number of nitrogens with one attached hydrogen (secondary N) is 2. The average Bonchev–Trinajstić information content (AvgIpc) is 2.69. The van der Waals surface area contributed by atoms with Crippen LogP contribution in [0.1, 0.15) is 10.4 Å². The van der Waals surface area contributed by atoms with Crippen molar-refractivity contribution in [2.75, 3.05) is 38.0 Å². The summed E-state index contributed by atoms with van der Waals surface area (Å²) in [5.41, 5.74) is 0.226. The molecule has 2 N–H and O–H groups in total. The van der Waals surface area contributed by atoms with Crippen molar-refractivity contribution >= 4 is 17.5 Å². The Hall–Kier alpha value is -2.87. The Bertz CT molecular complexity index is 838. The minimum atomic E-state index is -1.62. The molecule has 2 aromatic rings. The van der Waals surface area contributed by atoms with E-state index in [2.05, 4.69) is 5.32 Å². The first kappa shape index (κ1) is 18.9. The highest BCUT2D eigenvalue weighted by Crippen LogP contribution is 2.19. The van der Waals surface area contributed by atoms with Gasteiger partial charge in [-0.05, 0) is 24.3 Å². The van der Waals surface area contributed by atoms with Crippen molar-refractivity contribution in [3.8, 4) is 0 Å². The second-order valence-corrected chi connectivity index (χ2v) is 6.36. The second-order valence-electron chi connectivity index (χ2n) is 6.36. The minimum Gasteiger partial charge on any atom is -0.327 e. The number of amides is 2. The fourth-order valence-corrected chi connectivity index (χ4v) is 3.01. The van der Waals surface area contributed by atoms with Crippen LogP contribution in [0, 0.1) is 17.5 Å². The summed E-state index contributed by atoms with van der Waals surface area (Å²) in [7, 11) is 0. The first-order valence-corrected chi connectivity index (χ1v) is 8.57. The van der Waals surface area contributed by atoms with Gasteiger partial charge < -0.3 is 15.1 Å². The van der Waals surface area contributed by atoms with Gasteiger partial charge >= 0.3 is 0 Å². The Labute approximate surface area is 154 Å². The lowest BCUT2D eigenvalue weighted by Crippen LogP contribution is -3.15. The molecule has 1 aliphatic rings. The van der Waals surface area contributed by atoms with Gasteiger partial charge in [-0.2, -0.15) is 0 Å². The van der Waals surface area contributed by atoms with Crippen LogP contribution in [-0.4, -0.2) is 49.4 Å². The van der Waals surface area contributed by atoms with E-state index in [0.717, 1.165) is 17.0 Å². The van der Waals surface area contributed by atoms with E-state index in [0.29, 0.717) is 31.7 Å². The Kier molecular flexibility index (Phi) is 5.75. The van der Waals surface area contributed by atoms with E-state index >= 15 is 0 Å². The van der Waals surface area contributed by atoms with Gasteiger partial charge in [0, 0.05) is 5.56 Å². The summed E-state index contributed by atoms with van der Waals surface area (Å²) in [5.74, 6) is -4.90. The molecule has 2 amide bonds. The van der Waals surface area contributed by atoms with Crippen molar-refractivity contribution in [1.82, 2.24) is 4.90 Å². The van der Waals surface area contributed by atoms with Gasteiger partial charge in [0.15, 0.2) is 24.0 Å². The number of hydrogen-bond acceptors (Lipinski definition) is 2. The summed E-state index contributed by atoms with van der Waals surface area (Å²) in [4.78, 5) is 27.1. The standard InChI is InChI=1S/C19H18F3N3O2/c20-14-6-7-15(18(22)17(14)21)23-16(26)12-24-8-10-25(11-9-24)19(27)13-4-2-1-3-5-13/h1-7H,8-12H2,(H,23,26)/p+1. The first-order chi connectivity index (χ1) is 13.0. The molecule has 1 fully saturated rings. The molecule has 0 radical (unpaired) electrons. The number of benzene rings is 2. The van der Waals surface area contributed by atoms with Crippen LogP contribution in [0.25, 0.3) is 0 Å². The molecule has 0 atom stereocenters. The predicted molar refractivity (Wildman–Crippen MR) is 92.9 cm³/mol. The molecule has 0 saturated carbocycles. The number of rotatable bonds is 4. The SMILES string of the molecule is O=C(C[NH+]1CCN(C(=O)c2ccccc2)CC1)Nc1ccc(F)c(F)c1F. The van der Waals surface area contributed by atoms with Crippen molar-refractivity contribution in [2.45, 2.75) is 0 Å². The van der Waals surface area contributed by atoms with Crippen LogP contribution in [0.15, 0.2) is 42.5 Å². The van der Waals surface area contributed by atoms with E-state index in [1.165, 1.54) is 0 Å². The molecule has 5 nitrogen and oxygen atoms in total. The van der Waals surface area contributed by atoms with E-state index in [1.807, 2.05) is 6.07 Å². The van der Waals surface area contributed by atoms with Crippen LogP contribution in [0.2, 0.25) is 0 Å². The van der Waals surface area contributed by atoms with E-state index < -0.39 is 29.0 Å². The van der Waals surface area contributed by atoms with Crippen molar-refractivity contribution in [3.05, 3.63) is 65.5 Å². The smallest absolute Gasteiger partial charge is 0.279 e. The van der Waals surface area contributed by atoms with Crippen LogP contribution < -0.4 is 10.2 Å². The number of quaternary nitrogens is 1. The number of anilines is 1. The molecule has 2 aromatic carbocycles. The summed E-state index contributed by atoms with van der Waals surface area (Å²) in [6.07, 6.45) is 0. The highest BCUT2D eigenvalue weighted by atomic mass is 19.2. The summed E-state index contributed by atoms with van der Waals surface area (Å²) >= 11 is 0. The first-order valence-electron chi connectivity index (χ1n) is 8.57. The Morgan fingerprint density at radius 3 is 2.30 bits per heavy atom. The molecular formula is C19H19F3N3O2+. The Morgan fingerprint density at radius 1 is 0.963 bits per heavy atom. The van der Waals surface area contributed by atoms with Crippen LogP contribution in [0.4, 0.5) is 18.9 Å². The van der Waals surface area contributed by atoms with Crippen molar-refractivity contribution in [1.29, 1.82) is 0 Å². The zero-order valence-corrected chi connectivity index (χ0v) is 14.5. The van der Waals surface area contributed by atoms with Crippen LogP contribution >= 0.6 is 0 Å². The molecule has 27 heavy (non-hydrogen) atoms. The topological polar surface area (TPSA) is 53.9 Å². The third kappa shape index (κ3) is 4.46. The van der Waals surface area contributed by atoms with Crippen molar-refractivity contribution in [2.24, 2.45) is 0 Å². The number of nitrogens with zero attached hydrogens (tertiary/aromatic N) is 1. The fourth-order valence-electron chi connectivity index (χ4n) is 3.01. The quantitative estimate of drug-likeness (QED) is 0.783. The summed E-state index contributed by atoms with van der Waals surface area (Å²) in [5, 5.41) is 2.26. The van der Waals surface area contributed by atoms with Gasteiger partial charge in [0.25, 0.3) is 11.8 Å². The molecular weight excluding hydrogens is 359 g/mol. The Morgan fingerprint density at radius 2 is 1.63 bits per heavy atom. The lowest BCUT2D eigenvalue weighted by molar-refractivity contribution is -0.895. The number of carbonyl (C=O) groups excluding carboxylic acids is 2. The molecule has 1 saturated heterocycles. The average molecular weight is 378 g/mol. The highest BCUT2D eigenvalue weighted by Gasteiger charge is 2.26. The summed E-state index contributed by atoms with van der Waals surface area (Å²) < 4.78 is 39.8. The molecule has 0 bridgehead atoms. The summed E-state index contributed by atoms with van der Waals surface area (Å²) in [6, 6.07) is 10.7. The molecule has 142 valence electrons. The van der Waals surface area contributed by atoms with E-state index in [1.54, 1.807) is 29.2 Å². The molecule has 0 spiro atoms. The zero-order chi connectivity index (χ0) is 19.4. The number of halogens is 3. The molecule has 3 rings (SSSR count). The van der Waals surface area contributed by atoms with Gasteiger partial charge in [-0.1, -0.05) is 18.2 Å². The number of carbonyl (C=O) groups is 2. The molecule has 0 aliphatic carbocycles. The van der Waals surface area contributed by atoms with Gasteiger partial charge in [0.2, 0.25) is 0 Å². The molecule has 1 heterocycles. The summed E-state index contributed by atoms with van der Waals surface area (Å²) in [6.45, 7) is 2.16. The molecule has 1 aliphatic heterocycles. The maximum absolute atomic E-state index is 13.6. The zero-order valence-electron chi connectivity index (χ0n) is 14.5. The van der Waals surface area contributed by atoms with Gasteiger partial charge in [0.05, 0.1) is 31.9 Å². The third-order valence-electron chi connectivity index (χ3n) is 4.50. The van der Waals surface area contributed by atoms with Gasteiger partial charge in [0.1, 0.15) is 0 Å². The maximum atomic E-state index is 13.6. The van der Waals surface area contributed by atoms with E-state index in [9.17, 15) is 22.8 Å². The molecule has 8 heteroatoms. The van der Waals surface area contributed by atoms with E-state index in [-0.39, 0.29) is 12.5 Å². The maximum Gasteiger partial charge on any atom is 0.279 e. The molecule has 0 aromatic heterocycles. The normalized spacial score (nSPS) is 14.9. The van der Waals surface area contributed by atoms with Gasteiger partial charge in [-0.15, -0.1) is 0 Å². The largest absolute Gasteiger partial charge is 0.327 e. The monoisotopic (exact) mass is 378 g/mol. The number of piperazine rings is 1.